The quantitative estimate of drug-likeness (QED) is 0.702. The van der Waals surface area contributed by atoms with Crippen molar-refractivity contribution in [2.45, 2.75) is 64.1 Å². The third-order valence-corrected chi connectivity index (χ3v) is 3.04. The van der Waals surface area contributed by atoms with Crippen molar-refractivity contribution in [2.75, 3.05) is 0 Å². The van der Waals surface area contributed by atoms with Crippen LogP contribution in [0.15, 0.2) is 0 Å². The lowest BCUT2D eigenvalue weighted by Gasteiger charge is -2.44. The van der Waals surface area contributed by atoms with Crippen molar-refractivity contribution < 1.29 is 9.90 Å². The van der Waals surface area contributed by atoms with Crippen molar-refractivity contribution in [3.05, 3.63) is 0 Å². The highest BCUT2D eigenvalue weighted by Crippen LogP contribution is 2.27. The first-order valence-corrected chi connectivity index (χ1v) is 5.62. The molecule has 3 N–H and O–H groups in total. The van der Waals surface area contributed by atoms with E-state index in [0.29, 0.717) is 0 Å². The van der Waals surface area contributed by atoms with Gasteiger partial charge in [-0.05, 0) is 33.6 Å². The Bertz CT molecular complexity index is 235. The van der Waals surface area contributed by atoms with Gasteiger partial charge in [-0.3, -0.25) is 4.90 Å². The number of nitrogens with zero attached hydrogens (tertiary/aromatic N) is 1. The molecule has 4 nitrogen and oxygen atoms in total. The maximum Gasteiger partial charge on any atom is 0.408 e. The number of carboxylic acid groups (broad SMARTS) is 1. The molecular formula is C11H22N2O2. The van der Waals surface area contributed by atoms with E-state index in [4.69, 9.17) is 5.73 Å². The molecule has 0 spiro atoms. The summed E-state index contributed by atoms with van der Waals surface area (Å²) < 4.78 is 0. The molecule has 0 heterocycles. The number of hydrogen-bond donors (Lipinski definition) is 2. The van der Waals surface area contributed by atoms with Gasteiger partial charge in [0.05, 0.1) is 6.04 Å². The van der Waals surface area contributed by atoms with E-state index in [1.807, 2.05) is 20.8 Å². The van der Waals surface area contributed by atoms with Gasteiger partial charge in [0.15, 0.2) is 0 Å². The number of hydrogen-bond acceptors (Lipinski definition) is 2. The highest BCUT2D eigenvalue weighted by atomic mass is 16.4. The predicted octanol–water partition coefficient (Wildman–Crippen LogP) is 2.03. The largest absolute Gasteiger partial charge is 0.465 e. The lowest BCUT2D eigenvalue weighted by Crippen LogP contribution is -2.58. The lowest BCUT2D eigenvalue weighted by atomic mass is 9.87. The molecule has 0 aromatic heterocycles. The second-order valence-corrected chi connectivity index (χ2v) is 5.34. The standard InChI is InChI=1S/C11H22N2O2/c1-11(2,3)13(10(14)15)9-7-5-4-6-8(9)12/h8-9H,4-7,12H2,1-3H3,(H,14,15). The van der Waals surface area contributed by atoms with Gasteiger partial charge in [-0.25, -0.2) is 4.79 Å². The van der Waals surface area contributed by atoms with Crippen molar-refractivity contribution in [2.24, 2.45) is 5.73 Å². The van der Waals surface area contributed by atoms with E-state index in [1.54, 1.807) is 0 Å². The second kappa shape index (κ2) is 4.39. The van der Waals surface area contributed by atoms with Crippen molar-refractivity contribution >= 4 is 6.09 Å². The van der Waals surface area contributed by atoms with Gasteiger partial charge in [-0.1, -0.05) is 12.8 Å². The van der Waals surface area contributed by atoms with Crippen molar-refractivity contribution in [1.82, 2.24) is 4.90 Å². The van der Waals surface area contributed by atoms with Crippen LogP contribution in [0.25, 0.3) is 0 Å². The zero-order chi connectivity index (χ0) is 11.6. The SMILES string of the molecule is CC(C)(C)N(C(=O)O)C1CCCCC1N. The van der Waals surface area contributed by atoms with E-state index in [0.717, 1.165) is 25.7 Å². The van der Waals surface area contributed by atoms with Crippen LogP contribution in [0.3, 0.4) is 0 Å². The summed E-state index contributed by atoms with van der Waals surface area (Å²) in [5.41, 5.74) is 5.64. The maximum atomic E-state index is 11.3. The van der Waals surface area contributed by atoms with E-state index >= 15 is 0 Å². The summed E-state index contributed by atoms with van der Waals surface area (Å²) in [6.07, 6.45) is 3.17. The number of carbonyl (C=O) groups is 1. The van der Waals surface area contributed by atoms with E-state index in [9.17, 15) is 9.90 Å². The summed E-state index contributed by atoms with van der Waals surface area (Å²) >= 11 is 0. The first kappa shape index (κ1) is 12.3. The Morgan fingerprint density at radius 1 is 1.33 bits per heavy atom. The van der Waals surface area contributed by atoms with E-state index in [1.165, 1.54) is 4.90 Å². The number of amides is 1. The lowest BCUT2D eigenvalue weighted by molar-refractivity contribution is 0.0491. The average Bonchev–Trinajstić information content (AvgIpc) is 2.05. The Labute approximate surface area is 91.4 Å². The Morgan fingerprint density at radius 2 is 1.87 bits per heavy atom. The first-order chi connectivity index (χ1) is 6.84. The summed E-state index contributed by atoms with van der Waals surface area (Å²) in [5, 5.41) is 9.25. The Kier molecular flexibility index (Phi) is 3.60. The highest BCUT2D eigenvalue weighted by Gasteiger charge is 2.37. The van der Waals surface area contributed by atoms with Crippen LogP contribution in [0.5, 0.6) is 0 Å². The summed E-state index contributed by atoms with van der Waals surface area (Å²) in [5.74, 6) is 0. The van der Waals surface area contributed by atoms with Gasteiger partial charge in [0.1, 0.15) is 0 Å². The Hall–Kier alpha value is -0.770. The monoisotopic (exact) mass is 214 g/mol. The molecular weight excluding hydrogens is 192 g/mol. The maximum absolute atomic E-state index is 11.3. The van der Waals surface area contributed by atoms with Crippen LogP contribution < -0.4 is 5.73 Å². The molecule has 0 aromatic rings. The number of rotatable bonds is 1. The van der Waals surface area contributed by atoms with Gasteiger partial charge in [0.25, 0.3) is 0 Å². The van der Waals surface area contributed by atoms with Crippen molar-refractivity contribution in [3.63, 3.8) is 0 Å². The molecule has 0 aromatic carbocycles. The molecule has 2 atom stereocenters. The molecule has 1 amide bonds. The van der Waals surface area contributed by atoms with Crippen LogP contribution >= 0.6 is 0 Å². The smallest absolute Gasteiger partial charge is 0.408 e. The van der Waals surface area contributed by atoms with Crippen molar-refractivity contribution in [3.8, 4) is 0 Å². The molecule has 1 aliphatic rings. The third kappa shape index (κ3) is 2.84. The summed E-state index contributed by atoms with van der Waals surface area (Å²) in [6.45, 7) is 5.76. The van der Waals surface area contributed by atoms with E-state index < -0.39 is 6.09 Å². The highest BCUT2D eigenvalue weighted by molar-refractivity contribution is 5.66. The van der Waals surface area contributed by atoms with Crippen LogP contribution in [-0.4, -0.2) is 33.7 Å². The zero-order valence-corrected chi connectivity index (χ0v) is 9.86. The summed E-state index contributed by atoms with van der Waals surface area (Å²) in [4.78, 5) is 12.8. The fourth-order valence-corrected chi connectivity index (χ4v) is 2.39. The van der Waals surface area contributed by atoms with Gasteiger partial charge in [-0.2, -0.15) is 0 Å². The molecule has 15 heavy (non-hydrogen) atoms. The second-order valence-electron chi connectivity index (χ2n) is 5.34. The third-order valence-electron chi connectivity index (χ3n) is 3.04. The van der Waals surface area contributed by atoms with Crippen LogP contribution in [0.2, 0.25) is 0 Å². The molecule has 0 bridgehead atoms. The van der Waals surface area contributed by atoms with Crippen LogP contribution in [-0.2, 0) is 0 Å². The minimum atomic E-state index is -0.857. The Morgan fingerprint density at radius 3 is 2.27 bits per heavy atom. The fraction of sp³-hybridized carbons (Fsp3) is 0.909. The number of nitrogens with two attached hydrogens (primary N) is 1. The minimum absolute atomic E-state index is 0.00549. The van der Waals surface area contributed by atoms with Gasteiger partial charge >= 0.3 is 6.09 Å². The Balaban J connectivity index is 2.83. The van der Waals surface area contributed by atoms with Crippen molar-refractivity contribution in [1.29, 1.82) is 0 Å². The molecule has 88 valence electrons. The molecule has 0 aliphatic heterocycles. The molecule has 2 unspecified atom stereocenters. The summed E-state index contributed by atoms with van der Waals surface area (Å²) in [7, 11) is 0. The van der Waals surface area contributed by atoms with Crippen LogP contribution in [0, 0.1) is 0 Å². The van der Waals surface area contributed by atoms with Crippen LogP contribution in [0.4, 0.5) is 4.79 Å². The van der Waals surface area contributed by atoms with Crippen LogP contribution in [0.1, 0.15) is 46.5 Å². The zero-order valence-electron chi connectivity index (χ0n) is 9.86. The predicted molar refractivity (Wildman–Crippen MR) is 59.8 cm³/mol. The molecule has 4 heteroatoms. The molecule has 0 saturated heterocycles. The molecule has 1 rings (SSSR count). The van der Waals surface area contributed by atoms with Gasteiger partial charge in [0, 0.05) is 11.6 Å². The molecule has 1 aliphatic carbocycles. The van der Waals surface area contributed by atoms with E-state index in [2.05, 4.69) is 0 Å². The van der Waals surface area contributed by atoms with Gasteiger partial charge in [0.2, 0.25) is 0 Å². The minimum Gasteiger partial charge on any atom is -0.465 e. The fourth-order valence-electron chi connectivity index (χ4n) is 2.39. The molecule has 1 fully saturated rings. The van der Waals surface area contributed by atoms with E-state index in [-0.39, 0.29) is 17.6 Å². The normalized spacial score (nSPS) is 27.5. The summed E-state index contributed by atoms with van der Waals surface area (Å²) in [6, 6.07) is -0.0228. The van der Waals surface area contributed by atoms with Gasteiger partial charge < -0.3 is 10.8 Å². The average molecular weight is 214 g/mol. The molecule has 0 radical (unpaired) electrons. The first-order valence-electron chi connectivity index (χ1n) is 5.62. The van der Waals surface area contributed by atoms with Gasteiger partial charge in [-0.15, -0.1) is 0 Å². The molecule has 1 saturated carbocycles. The topological polar surface area (TPSA) is 66.6 Å².